The van der Waals surface area contributed by atoms with Crippen LogP contribution >= 0.6 is 0 Å². The van der Waals surface area contributed by atoms with Crippen LogP contribution in [0.5, 0.6) is 5.75 Å². The van der Waals surface area contributed by atoms with Gasteiger partial charge in [-0.05, 0) is 12.1 Å². The standard InChI is InChI=1S/C8H8F3NO/c9-5-1-2-7(6(12)3-5)13-4-8(10)11/h1-3,8H,4,12H2. The number of nitrogens with two attached hydrogens (primary N) is 1. The average Bonchev–Trinajstić information content (AvgIpc) is 2.02. The number of anilines is 1. The first-order valence-electron chi connectivity index (χ1n) is 3.55. The van der Waals surface area contributed by atoms with Crippen molar-refractivity contribution >= 4 is 5.69 Å². The van der Waals surface area contributed by atoms with Crippen molar-refractivity contribution < 1.29 is 17.9 Å². The van der Waals surface area contributed by atoms with E-state index < -0.39 is 18.8 Å². The fraction of sp³-hybridized carbons (Fsp3) is 0.250. The van der Waals surface area contributed by atoms with Crippen LogP contribution in [0.3, 0.4) is 0 Å². The van der Waals surface area contributed by atoms with Crippen molar-refractivity contribution in [1.82, 2.24) is 0 Å². The topological polar surface area (TPSA) is 35.2 Å². The summed E-state index contributed by atoms with van der Waals surface area (Å²) < 4.78 is 40.5. The van der Waals surface area contributed by atoms with Crippen LogP contribution in [0.1, 0.15) is 0 Å². The van der Waals surface area contributed by atoms with Gasteiger partial charge in [-0.2, -0.15) is 0 Å². The molecule has 2 nitrogen and oxygen atoms in total. The van der Waals surface area contributed by atoms with E-state index in [1.165, 1.54) is 6.07 Å². The Morgan fingerprint density at radius 3 is 2.62 bits per heavy atom. The van der Waals surface area contributed by atoms with Crippen molar-refractivity contribution in [2.45, 2.75) is 6.43 Å². The van der Waals surface area contributed by atoms with E-state index in [0.29, 0.717) is 0 Å². The van der Waals surface area contributed by atoms with Crippen LogP contribution < -0.4 is 10.5 Å². The third-order valence-electron chi connectivity index (χ3n) is 1.34. The van der Waals surface area contributed by atoms with Gasteiger partial charge in [0.05, 0.1) is 5.69 Å². The fourth-order valence-electron chi connectivity index (χ4n) is 0.804. The first kappa shape index (κ1) is 9.70. The molecule has 0 aliphatic heterocycles. The molecular weight excluding hydrogens is 183 g/mol. The molecule has 0 aliphatic carbocycles. The molecule has 0 spiro atoms. The Hall–Kier alpha value is -1.39. The molecule has 0 fully saturated rings. The summed E-state index contributed by atoms with van der Waals surface area (Å²) in [4.78, 5) is 0. The molecule has 0 amide bonds. The van der Waals surface area contributed by atoms with Gasteiger partial charge in [0.2, 0.25) is 0 Å². The maximum absolute atomic E-state index is 12.5. The van der Waals surface area contributed by atoms with Crippen LogP contribution in [0.15, 0.2) is 18.2 Å². The van der Waals surface area contributed by atoms with Gasteiger partial charge in [-0.1, -0.05) is 0 Å². The second kappa shape index (κ2) is 4.02. The highest BCUT2D eigenvalue weighted by molar-refractivity contribution is 5.52. The minimum atomic E-state index is -2.57. The maximum Gasteiger partial charge on any atom is 0.272 e. The average molecular weight is 191 g/mol. The summed E-state index contributed by atoms with van der Waals surface area (Å²) in [6.45, 7) is -0.740. The molecule has 72 valence electrons. The highest BCUT2D eigenvalue weighted by atomic mass is 19.3. The molecule has 0 aliphatic rings. The molecule has 0 bridgehead atoms. The lowest BCUT2D eigenvalue weighted by molar-refractivity contribution is 0.0822. The number of halogens is 3. The lowest BCUT2D eigenvalue weighted by atomic mass is 10.3. The van der Waals surface area contributed by atoms with Crippen LogP contribution in [-0.2, 0) is 0 Å². The van der Waals surface area contributed by atoms with Crippen molar-refractivity contribution in [3.05, 3.63) is 24.0 Å². The van der Waals surface area contributed by atoms with E-state index in [2.05, 4.69) is 4.74 Å². The molecule has 1 aromatic rings. The summed E-state index contributed by atoms with van der Waals surface area (Å²) in [5.74, 6) is -0.455. The summed E-state index contributed by atoms with van der Waals surface area (Å²) in [6, 6.07) is 3.32. The third-order valence-corrected chi connectivity index (χ3v) is 1.34. The second-order valence-electron chi connectivity index (χ2n) is 2.38. The van der Waals surface area contributed by atoms with E-state index in [4.69, 9.17) is 5.73 Å². The van der Waals surface area contributed by atoms with Gasteiger partial charge in [-0.25, -0.2) is 13.2 Å². The molecule has 1 rings (SSSR count). The van der Waals surface area contributed by atoms with Crippen LogP contribution in [0.4, 0.5) is 18.9 Å². The Morgan fingerprint density at radius 1 is 1.38 bits per heavy atom. The lowest BCUT2D eigenvalue weighted by Crippen LogP contribution is -2.08. The third kappa shape index (κ3) is 2.85. The van der Waals surface area contributed by atoms with Crippen molar-refractivity contribution in [1.29, 1.82) is 0 Å². The SMILES string of the molecule is Nc1cc(F)ccc1OCC(F)F. The van der Waals surface area contributed by atoms with Crippen LogP contribution in [-0.4, -0.2) is 13.0 Å². The first-order valence-corrected chi connectivity index (χ1v) is 3.55. The summed E-state index contributed by atoms with van der Waals surface area (Å²) in [5.41, 5.74) is 5.31. The molecule has 0 atom stereocenters. The van der Waals surface area contributed by atoms with E-state index >= 15 is 0 Å². The van der Waals surface area contributed by atoms with Gasteiger partial charge in [0, 0.05) is 6.07 Å². The Balaban J connectivity index is 2.67. The smallest absolute Gasteiger partial charge is 0.272 e. The molecule has 0 aromatic heterocycles. The number of rotatable bonds is 3. The summed E-state index contributed by atoms with van der Waals surface area (Å²) in [5, 5.41) is 0. The Labute approximate surface area is 73.1 Å². The summed E-state index contributed by atoms with van der Waals surface area (Å²) >= 11 is 0. The second-order valence-corrected chi connectivity index (χ2v) is 2.38. The van der Waals surface area contributed by atoms with Gasteiger partial charge in [0.15, 0.2) is 0 Å². The van der Waals surface area contributed by atoms with Crippen molar-refractivity contribution in [2.24, 2.45) is 0 Å². The zero-order valence-corrected chi connectivity index (χ0v) is 6.64. The van der Waals surface area contributed by atoms with Crippen LogP contribution in [0.2, 0.25) is 0 Å². The van der Waals surface area contributed by atoms with Gasteiger partial charge < -0.3 is 10.5 Å². The minimum Gasteiger partial charge on any atom is -0.485 e. The van der Waals surface area contributed by atoms with Gasteiger partial charge in [0.25, 0.3) is 6.43 Å². The minimum absolute atomic E-state index is 0.0145. The normalized spacial score (nSPS) is 10.5. The zero-order valence-electron chi connectivity index (χ0n) is 6.64. The highest BCUT2D eigenvalue weighted by Gasteiger charge is 2.06. The molecule has 0 heterocycles. The molecule has 0 radical (unpaired) electrons. The molecule has 0 saturated carbocycles. The lowest BCUT2D eigenvalue weighted by Gasteiger charge is -2.07. The van der Waals surface area contributed by atoms with Crippen LogP contribution in [0, 0.1) is 5.82 Å². The Kier molecular flexibility index (Phi) is 3.00. The molecule has 13 heavy (non-hydrogen) atoms. The van der Waals surface area contributed by atoms with Gasteiger partial charge >= 0.3 is 0 Å². The molecule has 2 N–H and O–H groups in total. The largest absolute Gasteiger partial charge is 0.485 e. The fourth-order valence-corrected chi connectivity index (χ4v) is 0.804. The van der Waals surface area contributed by atoms with Crippen molar-refractivity contribution in [2.75, 3.05) is 12.3 Å². The monoisotopic (exact) mass is 191 g/mol. The van der Waals surface area contributed by atoms with Crippen LogP contribution in [0.25, 0.3) is 0 Å². The number of hydrogen-bond acceptors (Lipinski definition) is 2. The highest BCUT2D eigenvalue weighted by Crippen LogP contribution is 2.21. The van der Waals surface area contributed by atoms with E-state index in [1.807, 2.05) is 0 Å². The maximum atomic E-state index is 12.5. The van der Waals surface area contributed by atoms with Crippen molar-refractivity contribution in [3.8, 4) is 5.75 Å². The van der Waals surface area contributed by atoms with Crippen molar-refractivity contribution in [3.63, 3.8) is 0 Å². The number of ether oxygens (including phenoxy) is 1. The van der Waals surface area contributed by atoms with E-state index in [-0.39, 0.29) is 11.4 Å². The van der Waals surface area contributed by atoms with E-state index in [0.717, 1.165) is 12.1 Å². The predicted molar refractivity (Wildman–Crippen MR) is 42.3 cm³/mol. The molecule has 0 saturated heterocycles. The summed E-state index contributed by atoms with van der Waals surface area (Å²) in [7, 11) is 0. The van der Waals surface area contributed by atoms with E-state index in [9.17, 15) is 13.2 Å². The quantitative estimate of drug-likeness (QED) is 0.742. The Bertz CT molecular complexity index is 291. The zero-order chi connectivity index (χ0) is 9.84. The summed E-state index contributed by atoms with van der Waals surface area (Å²) in [6.07, 6.45) is -2.57. The van der Waals surface area contributed by atoms with Gasteiger partial charge in [-0.3, -0.25) is 0 Å². The molecule has 1 aromatic carbocycles. The number of benzene rings is 1. The Morgan fingerprint density at radius 2 is 2.08 bits per heavy atom. The molecule has 5 heteroatoms. The molecular formula is C8H8F3NO. The number of alkyl halides is 2. The number of nitrogen functional groups attached to an aromatic ring is 1. The van der Waals surface area contributed by atoms with E-state index in [1.54, 1.807) is 0 Å². The van der Waals surface area contributed by atoms with Gasteiger partial charge in [-0.15, -0.1) is 0 Å². The first-order chi connectivity index (χ1) is 6.09. The predicted octanol–water partition coefficient (Wildman–Crippen LogP) is 2.05. The molecule has 0 unspecified atom stereocenters. The number of hydrogen-bond donors (Lipinski definition) is 1. The van der Waals surface area contributed by atoms with Gasteiger partial charge in [0.1, 0.15) is 18.2 Å².